The Bertz CT molecular complexity index is 1490. The molecule has 3 heteroatoms. The Labute approximate surface area is 169 Å². The third-order valence-electron chi connectivity index (χ3n) is 5.33. The van der Waals surface area contributed by atoms with Crippen LogP contribution in [0.5, 0.6) is 0 Å². The van der Waals surface area contributed by atoms with Crippen LogP contribution >= 0.6 is 22.9 Å². The van der Waals surface area contributed by atoms with Gasteiger partial charge in [-0.05, 0) is 41.5 Å². The molecule has 6 rings (SSSR count). The predicted octanol–water partition coefficient (Wildman–Crippen LogP) is 7.56. The van der Waals surface area contributed by atoms with Gasteiger partial charge in [0.15, 0.2) is 0 Å². The predicted molar refractivity (Wildman–Crippen MR) is 122 cm³/mol. The largest absolute Gasteiger partial charge is 0.456 e. The highest BCUT2D eigenvalue weighted by molar-refractivity contribution is 14.1. The van der Waals surface area contributed by atoms with Gasteiger partial charge in [0.2, 0.25) is 0 Å². The van der Waals surface area contributed by atoms with Crippen molar-refractivity contribution in [3.63, 3.8) is 0 Å². The molecule has 0 spiro atoms. The fourth-order valence-corrected chi connectivity index (χ4v) is 4.83. The molecule has 0 saturated carbocycles. The van der Waals surface area contributed by atoms with E-state index in [0.29, 0.717) is 0 Å². The molecule has 0 atom stereocenters. The maximum Gasteiger partial charge on any atom is 0.135 e. The van der Waals surface area contributed by atoms with Gasteiger partial charge in [-0.3, -0.25) is 2.78 Å². The lowest BCUT2D eigenvalue weighted by Crippen LogP contribution is -1.81. The third kappa shape index (κ3) is 2.18. The lowest BCUT2D eigenvalue weighted by Gasteiger charge is -2.04. The number of hydrogen-bond donors (Lipinski definition) is 0. The molecule has 0 N–H and O–H groups in total. The second-order valence-corrected chi connectivity index (χ2v) is 7.80. The van der Waals surface area contributed by atoms with Crippen LogP contribution in [-0.2, 0) is 0 Å². The maximum atomic E-state index is 5.97. The second kappa shape index (κ2) is 5.60. The molecule has 0 radical (unpaired) electrons. The van der Waals surface area contributed by atoms with E-state index >= 15 is 0 Å². The van der Waals surface area contributed by atoms with Crippen molar-refractivity contribution in [3.8, 4) is 11.1 Å². The van der Waals surface area contributed by atoms with E-state index in [4.69, 9.17) is 4.42 Å². The van der Waals surface area contributed by atoms with E-state index in [0.717, 1.165) is 11.2 Å². The van der Waals surface area contributed by atoms with Crippen molar-refractivity contribution in [3.05, 3.63) is 84.9 Å². The molecule has 2 nitrogen and oxygen atoms in total. The van der Waals surface area contributed by atoms with E-state index in [2.05, 4.69) is 98.4 Å². The third-order valence-corrected chi connectivity index (χ3v) is 6.36. The summed E-state index contributed by atoms with van der Waals surface area (Å²) in [5.74, 6) is 0. The lowest BCUT2D eigenvalue weighted by atomic mass is 10.0. The van der Waals surface area contributed by atoms with Crippen molar-refractivity contribution in [2.45, 2.75) is 0 Å². The van der Waals surface area contributed by atoms with Crippen LogP contribution in [0.2, 0.25) is 0 Å². The van der Waals surface area contributed by atoms with Gasteiger partial charge >= 0.3 is 0 Å². The first-order valence-electron chi connectivity index (χ1n) is 8.91. The molecule has 0 aliphatic rings. The fourth-order valence-electron chi connectivity index (χ4n) is 4.01. The topological polar surface area (TPSA) is 18.1 Å². The number of nitrogens with zero attached hydrogens (tertiary/aromatic N) is 1. The Morgan fingerprint density at radius 3 is 2.15 bits per heavy atom. The van der Waals surface area contributed by atoms with Crippen molar-refractivity contribution in [2.75, 3.05) is 0 Å². The first-order valence-corrected chi connectivity index (χ1v) is 9.87. The molecule has 0 unspecified atom stereocenters. The zero-order valence-electron chi connectivity index (χ0n) is 14.3. The molecular formula is C24H14INO. The number of hydrogen-bond acceptors (Lipinski definition) is 1. The van der Waals surface area contributed by atoms with Crippen LogP contribution in [0, 0.1) is 0 Å². The molecule has 0 aliphatic heterocycles. The molecule has 0 aliphatic carbocycles. The normalized spacial score (nSPS) is 11.9. The molecular weight excluding hydrogens is 445 g/mol. The first-order chi connectivity index (χ1) is 13.3. The number of aromatic nitrogens is 1. The summed E-state index contributed by atoms with van der Waals surface area (Å²) in [7, 11) is 0. The van der Waals surface area contributed by atoms with Gasteiger partial charge in [0.25, 0.3) is 0 Å². The van der Waals surface area contributed by atoms with Crippen LogP contribution in [0.4, 0.5) is 0 Å². The van der Waals surface area contributed by atoms with E-state index in [1.807, 2.05) is 12.1 Å². The first kappa shape index (κ1) is 15.3. The molecule has 27 heavy (non-hydrogen) atoms. The highest BCUT2D eigenvalue weighted by Gasteiger charge is 2.11. The Kier molecular flexibility index (Phi) is 3.17. The van der Waals surface area contributed by atoms with E-state index in [9.17, 15) is 0 Å². The second-order valence-electron chi connectivity index (χ2n) is 6.84. The van der Waals surface area contributed by atoms with Crippen LogP contribution in [0.1, 0.15) is 0 Å². The lowest BCUT2D eigenvalue weighted by molar-refractivity contribution is 0.669. The van der Waals surface area contributed by atoms with Crippen molar-refractivity contribution < 1.29 is 4.42 Å². The van der Waals surface area contributed by atoms with Crippen molar-refractivity contribution >= 4 is 66.6 Å². The van der Waals surface area contributed by atoms with Crippen LogP contribution in [0.25, 0.3) is 54.9 Å². The minimum absolute atomic E-state index is 0.934. The smallest absolute Gasteiger partial charge is 0.135 e. The van der Waals surface area contributed by atoms with Crippen LogP contribution in [0.15, 0.2) is 89.3 Å². The average Bonchev–Trinajstić information content (AvgIpc) is 3.23. The van der Waals surface area contributed by atoms with Gasteiger partial charge in [-0.1, -0.05) is 54.6 Å². The SMILES string of the molecule is In1c2ccccc2c2ccc(-c3ccc4oc5ccccc5c4c3)cc21. The van der Waals surface area contributed by atoms with E-state index in [1.165, 1.54) is 43.7 Å². The van der Waals surface area contributed by atoms with Crippen LogP contribution in [0.3, 0.4) is 0 Å². The van der Waals surface area contributed by atoms with Gasteiger partial charge in [0.1, 0.15) is 11.2 Å². The monoisotopic (exact) mass is 459 g/mol. The van der Waals surface area contributed by atoms with Gasteiger partial charge in [-0.15, -0.1) is 0 Å². The van der Waals surface area contributed by atoms with E-state index in [-0.39, 0.29) is 0 Å². The summed E-state index contributed by atoms with van der Waals surface area (Å²) in [6, 6.07) is 30.0. The summed E-state index contributed by atoms with van der Waals surface area (Å²) in [4.78, 5) is 0. The fraction of sp³-hybridized carbons (Fsp3) is 0. The number of benzene rings is 4. The average molecular weight is 459 g/mol. The minimum Gasteiger partial charge on any atom is -0.456 e. The zero-order chi connectivity index (χ0) is 18.0. The molecule has 0 amide bonds. The Hall–Kier alpha value is -2.79. The number of furan rings is 1. The summed E-state index contributed by atoms with van der Waals surface area (Å²) in [5.41, 5.74) is 6.79. The summed E-state index contributed by atoms with van der Waals surface area (Å²) >= 11 is 2.39. The highest BCUT2D eigenvalue weighted by Crippen LogP contribution is 2.36. The summed E-state index contributed by atoms with van der Waals surface area (Å²) in [5, 5.41) is 4.92. The molecule has 0 saturated heterocycles. The molecule has 0 bridgehead atoms. The molecule has 6 aromatic rings. The van der Waals surface area contributed by atoms with Gasteiger partial charge in [-0.2, -0.15) is 0 Å². The summed E-state index contributed by atoms with van der Waals surface area (Å²) in [6.45, 7) is 0. The number of halogens is 1. The number of fused-ring (bicyclic) bond motifs is 6. The van der Waals surface area contributed by atoms with Crippen LogP contribution < -0.4 is 0 Å². The molecule has 2 aromatic heterocycles. The Morgan fingerprint density at radius 1 is 0.556 bits per heavy atom. The molecule has 0 fully saturated rings. The summed E-state index contributed by atoms with van der Waals surface area (Å²) < 4.78 is 8.21. The molecule has 2 heterocycles. The van der Waals surface area contributed by atoms with Crippen LogP contribution in [-0.4, -0.2) is 2.78 Å². The van der Waals surface area contributed by atoms with Gasteiger partial charge in [-0.25, -0.2) is 0 Å². The molecule has 128 valence electrons. The highest BCUT2D eigenvalue weighted by atomic mass is 127. The van der Waals surface area contributed by atoms with Crippen molar-refractivity contribution in [1.82, 2.24) is 2.78 Å². The quantitative estimate of drug-likeness (QED) is 0.232. The zero-order valence-corrected chi connectivity index (χ0v) is 16.5. The van der Waals surface area contributed by atoms with E-state index in [1.54, 1.807) is 0 Å². The summed E-state index contributed by atoms with van der Waals surface area (Å²) in [6.07, 6.45) is 0. The van der Waals surface area contributed by atoms with Crippen molar-refractivity contribution in [2.24, 2.45) is 0 Å². The molecule has 4 aromatic carbocycles. The maximum absolute atomic E-state index is 5.97. The van der Waals surface area contributed by atoms with Gasteiger partial charge < -0.3 is 4.42 Å². The minimum atomic E-state index is 0.934. The number of rotatable bonds is 1. The Morgan fingerprint density at radius 2 is 1.22 bits per heavy atom. The van der Waals surface area contributed by atoms with Crippen molar-refractivity contribution in [1.29, 1.82) is 0 Å². The van der Waals surface area contributed by atoms with Gasteiger partial charge in [0, 0.05) is 21.5 Å². The standard InChI is InChI=1S/C24H14INO/c25-26-21-7-3-1-5-17(21)18-11-9-16(14-22(18)26)15-10-12-24-20(13-15)19-6-2-4-8-23(19)27-24/h1-14H. The Balaban J connectivity index is 1.61. The van der Waals surface area contributed by atoms with Gasteiger partial charge in [0.05, 0.1) is 33.9 Å². The number of para-hydroxylation sites is 2. The van der Waals surface area contributed by atoms with E-state index < -0.39 is 0 Å².